The first-order valence-corrected chi connectivity index (χ1v) is 6.14. The van der Waals surface area contributed by atoms with Gasteiger partial charge in [0.25, 0.3) is 0 Å². The first kappa shape index (κ1) is 14.4. The molecule has 0 radical (unpaired) electrons. The molecule has 1 unspecified atom stereocenters. The molecule has 0 aliphatic rings. The van der Waals surface area contributed by atoms with Crippen LogP contribution in [0, 0.1) is 5.92 Å². The molecule has 0 aliphatic heterocycles. The Balaban J connectivity index is 3.08. The van der Waals surface area contributed by atoms with Crippen LogP contribution in [0.5, 0.6) is 0 Å². The third-order valence-electron chi connectivity index (χ3n) is 2.67. The standard InChI is InChI=1S/C12H15BrF3N/c1-7(2)8(3)17-11-6-9(13)4-5-10(11)12(14,15)16/h4-8,17H,1-3H3. The maximum Gasteiger partial charge on any atom is 0.418 e. The van der Waals surface area contributed by atoms with E-state index in [0.717, 1.165) is 6.07 Å². The van der Waals surface area contributed by atoms with Crippen molar-refractivity contribution in [1.29, 1.82) is 0 Å². The second kappa shape index (κ2) is 5.29. The van der Waals surface area contributed by atoms with Gasteiger partial charge in [-0.05, 0) is 31.0 Å². The predicted octanol–water partition coefficient (Wildman–Crippen LogP) is 4.92. The van der Waals surface area contributed by atoms with Gasteiger partial charge in [-0.25, -0.2) is 0 Å². The van der Waals surface area contributed by atoms with Gasteiger partial charge in [-0.15, -0.1) is 0 Å². The normalized spacial score (nSPS) is 13.9. The van der Waals surface area contributed by atoms with Crippen LogP contribution in [0.2, 0.25) is 0 Å². The van der Waals surface area contributed by atoms with Crippen LogP contribution in [0.25, 0.3) is 0 Å². The lowest BCUT2D eigenvalue weighted by atomic mass is 10.0. The van der Waals surface area contributed by atoms with Crippen LogP contribution in [0.1, 0.15) is 26.3 Å². The number of benzene rings is 1. The van der Waals surface area contributed by atoms with E-state index in [1.165, 1.54) is 12.1 Å². The zero-order chi connectivity index (χ0) is 13.2. The van der Waals surface area contributed by atoms with Crippen LogP contribution in [0.15, 0.2) is 22.7 Å². The van der Waals surface area contributed by atoms with Crippen LogP contribution in [0.3, 0.4) is 0 Å². The van der Waals surface area contributed by atoms with Gasteiger partial charge in [0.2, 0.25) is 0 Å². The summed E-state index contributed by atoms with van der Waals surface area (Å²) in [5.41, 5.74) is -0.513. The first-order chi connectivity index (χ1) is 7.71. The van der Waals surface area contributed by atoms with Crippen LogP contribution in [-0.4, -0.2) is 6.04 Å². The van der Waals surface area contributed by atoms with E-state index in [9.17, 15) is 13.2 Å². The number of rotatable bonds is 3. The molecule has 0 bridgehead atoms. The molecule has 1 aromatic carbocycles. The van der Waals surface area contributed by atoms with E-state index in [0.29, 0.717) is 4.47 Å². The molecule has 1 N–H and O–H groups in total. The largest absolute Gasteiger partial charge is 0.418 e. The van der Waals surface area contributed by atoms with Gasteiger partial charge in [0, 0.05) is 16.2 Å². The highest BCUT2D eigenvalue weighted by molar-refractivity contribution is 9.10. The van der Waals surface area contributed by atoms with Crippen molar-refractivity contribution in [2.24, 2.45) is 5.92 Å². The minimum Gasteiger partial charge on any atom is -0.382 e. The molecule has 1 atom stereocenters. The third kappa shape index (κ3) is 3.91. The first-order valence-electron chi connectivity index (χ1n) is 5.35. The van der Waals surface area contributed by atoms with Crippen molar-refractivity contribution in [3.05, 3.63) is 28.2 Å². The molecular weight excluding hydrogens is 295 g/mol. The van der Waals surface area contributed by atoms with Gasteiger partial charge < -0.3 is 5.32 Å². The molecule has 0 amide bonds. The van der Waals surface area contributed by atoms with E-state index in [1.807, 2.05) is 20.8 Å². The summed E-state index contributed by atoms with van der Waals surface area (Å²) in [6.45, 7) is 5.79. The molecule has 0 fully saturated rings. The lowest BCUT2D eigenvalue weighted by Crippen LogP contribution is -2.23. The van der Waals surface area contributed by atoms with Gasteiger partial charge in [-0.3, -0.25) is 0 Å². The van der Waals surface area contributed by atoms with Crippen LogP contribution in [0.4, 0.5) is 18.9 Å². The molecule has 5 heteroatoms. The van der Waals surface area contributed by atoms with Crippen molar-refractivity contribution in [2.45, 2.75) is 33.0 Å². The second-order valence-electron chi connectivity index (χ2n) is 4.36. The highest BCUT2D eigenvalue weighted by atomic mass is 79.9. The number of hydrogen-bond acceptors (Lipinski definition) is 1. The Morgan fingerprint density at radius 2 is 1.76 bits per heavy atom. The zero-order valence-corrected chi connectivity index (χ0v) is 11.5. The van der Waals surface area contributed by atoms with Gasteiger partial charge in [0.15, 0.2) is 0 Å². The molecule has 0 spiro atoms. The van der Waals surface area contributed by atoms with Crippen molar-refractivity contribution in [3.8, 4) is 0 Å². The average molecular weight is 310 g/mol. The Hall–Kier alpha value is -0.710. The number of hydrogen-bond donors (Lipinski definition) is 1. The summed E-state index contributed by atoms with van der Waals surface area (Å²) in [6.07, 6.45) is -4.33. The van der Waals surface area contributed by atoms with Crippen LogP contribution >= 0.6 is 15.9 Å². The summed E-state index contributed by atoms with van der Waals surface area (Å²) in [4.78, 5) is 0. The molecular formula is C12H15BrF3N. The van der Waals surface area contributed by atoms with Crippen molar-refractivity contribution in [3.63, 3.8) is 0 Å². The van der Waals surface area contributed by atoms with Gasteiger partial charge in [-0.1, -0.05) is 29.8 Å². The fraction of sp³-hybridized carbons (Fsp3) is 0.500. The van der Waals surface area contributed by atoms with Crippen molar-refractivity contribution in [1.82, 2.24) is 0 Å². The molecule has 1 aromatic rings. The highest BCUT2D eigenvalue weighted by Crippen LogP contribution is 2.36. The smallest absolute Gasteiger partial charge is 0.382 e. The highest BCUT2D eigenvalue weighted by Gasteiger charge is 2.33. The van der Waals surface area contributed by atoms with Gasteiger partial charge in [0.05, 0.1) is 5.56 Å². The summed E-state index contributed by atoms with van der Waals surface area (Å²) in [6, 6.07) is 3.92. The number of nitrogens with one attached hydrogen (secondary N) is 1. The lowest BCUT2D eigenvalue weighted by molar-refractivity contribution is -0.137. The molecule has 0 saturated carbocycles. The van der Waals surface area contributed by atoms with E-state index in [2.05, 4.69) is 21.2 Å². The predicted molar refractivity (Wildman–Crippen MR) is 67.1 cm³/mol. The van der Waals surface area contributed by atoms with Crippen molar-refractivity contribution >= 4 is 21.6 Å². The van der Waals surface area contributed by atoms with Crippen molar-refractivity contribution in [2.75, 3.05) is 5.32 Å². The molecule has 0 saturated heterocycles. The molecule has 17 heavy (non-hydrogen) atoms. The summed E-state index contributed by atoms with van der Waals surface area (Å²) >= 11 is 3.18. The quantitative estimate of drug-likeness (QED) is 0.835. The maximum absolute atomic E-state index is 12.8. The molecule has 1 nitrogen and oxygen atoms in total. The SMILES string of the molecule is CC(C)C(C)Nc1cc(Br)ccc1C(F)(F)F. The van der Waals surface area contributed by atoms with E-state index in [-0.39, 0.29) is 17.6 Å². The fourth-order valence-corrected chi connectivity index (χ4v) is 1.66. The monoisotopic (exact) mass is 309 g/mol. The average Bonchev–Trinajstić information content (AvgIpc) is 2.15. The van der Waals surface area contributed by atoms with Gasteiger partial charge in [-0.2, -0.15) is 13.2 Å². The van der Waals surface area contributed by atoms with Gasteiger partial charge in [0.1, 0.15) is 0 Å². The number of alkyl halides is 3. The summed E-state index contributed by atoms with van der Waals surface area (Å²) in [5, 5.41) is 2.91. The maximum atomic E-state index is 12.8. The Morgan fingerprint density at radius 3 is 2.24 bits per heavy atom. The van der Waals surface area contributed by atoms with E-state index >= 15 is 0 Å². The molecule has 0 aliphatic carbocycles. The van der Waals surface area contributed by atoms with Gasteiger partial charge >= 0.3 is 6.18 Å². The molecule has 1 rings (SSSR count). The van der Waals surface area contributed by atoms with Crippen LogP contribution < -0.4 is 5.32 Å². The Kier molecular flexibility index (Phi) is 4.47. The Labute approximate surface area is 108 Å². The van der Waals surface area contributed by atoms with Crippen LogP contribution in [-0.2, 0) is 6.18 Å². The topological polar surface area (TPSA) is 12.0 Å². The fourth-order valence-electron chi connectivity index (χ4n) is 1.30. The minimum atomic E-state index is -4.33. The Bertz CT molecular complexity index is 388. The number of halogens is 4. The zero-order valence-electron chi connectivity index (χ0n) is 9.90. The molecule has 96 valence electrons. The molecule has 0 heterocycles. The molecule has 0 aromatic heterocycles. The third-order valence-corrected chi connectivity index (χ3v) is 3.16. The second-order valence-corrected chi connectivity index (χ2v) is 5.28. The lowest BCUT2D eigenvalue weighted by Gasteiger charge is -2.22. The van der Waals surface area contributed by atoms with E-state index in [4.69, 9.17) is 0 Å². The summed E-state index contributed by atoms with van der Waals surface area (Å²) in [5.74, 6) is 0.259. The number of anilines is 1. The minimum absolute atomic E-state index is 0.0228. The van der Waals surface area contributed by atoms with E-state index in [1.54, 1.807) is 0 Å². The summed E-state index contributed by atoms with van der Waals surface area (Å²) in [7, 11) is 0. The summed E-state index contributed by atoms with van der Waals surface area (Å²) < 4.78 is 39.0. The van der Waals surface area contributed by atoms with E-state index < -0.39 is 11.7 Å². The Morgan fingerprint density at radius 1 is 1.18 bits per heavy atom. The van der Waals surface area contributed by atoms with Crippen molar-refractivity contribution < 1.29 is 13.2 Å².